The van der Waals surface area contributed by atoms with Crippen molar-refractivity contribution in [2.45, 2.75) is 45.1 Å². The number of sulfonamides is 1. The molecule has 0 bridgehead atoms. The fourth-order valence-electron chi connectivity index (χ4n) is 2.44. The van der Waals surface area contributed by atoms with E-state index in [1.165, 1.54) is 6.42 Å². The van der Waals surface area contributed by atoms with Gasteiger partial charge in [0.25, 0.3) is 0 Å². The standard InChI is InChI=1S/C11H24N2O2S/c1-3-10-4-6-11(7-5-10)13(2)16(14,15)9-8-12/h10-11H,3-9,12H2,1-2H3. The van der Waals surface area contributed by atoms with Crippen LogP contribution < -0.4 is 5.73 Å². The van der Waals surface area contributed by atoms with Crippen molar-refractivity contribution in [3.8, 4) is 0 Å². The minimum Gasteiger partial charge on any atom is -0.329 e. The Hall–Kier alpha value is -0.130. The molecule has 0 radical (unpaired) electrons. The number of hydrogen-bond donors (Lipinski definition) is 1. The van der Waals surface area contributed by atoms with Crippen molar-refractivity contribution in [1.29, 1.82) is 0 Å². The van der Waals surface area contributed by atoms with Crippen LogP contribution in [0.3, 0.4) is 0 Å². The van der Waals surface area contributed by atoms with Crippen LogP contribution in [0.15, 0.2) is 0 Å². The van der Waals surface area contributed by atoms with E-state index in [4.69, 9.17) is 5.73 Å². The third-order valence-corrected chi connectivity index (χ3v) is 5.65. The zero-order valence-corrected chi connectivity index (χ0v) is 11.2. The molecular formula is C11H24N2O2S. The molecule has 0 saturated heterocycles. The van der Waals surface area contributed by atoms with Crippen LogP contribution in [0, 0.1) is 5.92 Å². The molecule has 4 nitrogen and oxygen atoms in total. The normalized spacial score (nSPS) is 27.2. The molecule has 1 saturated carbocycles. The smallest absolute Gasteiger partial charge is 0.215 e. The van der Waals surface area contributed by atoms with Gasteiger partial charge in [0.05, 0.1) is 5.75 Å². The summed E-state index contributed by atoms with van der Waals surface area (Å²) in [7, 11) is -1.43. The van der Waals surface area contributed by atoms with Crippen molar-refractivity contribution in [2.24, 2.45) is 11.7 Å². The van der Waals surface area contributed by atoms with E-state index in [1.807, 2.05) is 0 Å². The lowest BCUT2D eigenvalue weighted by molar-refractivity contribution is 0.233. The largest absolute Gasteiger partial charge is 0.329 e. The zero-order valence-electron chi connectivity index (χ0n) is 10.4. The quantitative estimate of drug-likeness (QED) is 0.794. The van der Waals surface area contributed by atoms with E-state index >= 15 is 0 Å². The van der Waals surface area contributed by atoms with E-state index in [-0.39, 0.29) is 18.3 Å². The molecule has 1 aliphatic carbocycles. The van der Waals surface area contributed by atoms with Crippen LogP contribution in [0.25, 0.3) is 0 Å². The van der Waals surface area contributed by atoms with Gasteiger partial charge in [-0.05, 0) is 31.6 Å². The topological polar surface area (TPSA) is 63.4 Å². The third-order valence-electron chi connectivity index (χ3n) is 3.72. The van der Waals surface area contributed by atoms with Crippen molar-refractivity contribution >= 4 is 10.0 Å². The monoisotopic (exact) mass is 248 g/mol. The lowest BCUT2D eigenvalue weighted by Crippen LogP contribution is -2.41. The summed E-state index contributed by atoms with van der Waals surface area (Å²) in [5.74, 6) is 0.860. The molecule has 0 aliphatic heterocycles. The molecule has 0 spiro atoms. The molecule has 96 valence electrons. The van der Waals surface area contributed by atoms with E-state index in [1.54, 1.807) is 11.4 Å². The van der Waals surface area contributed by atoms with E-state index in [0.717, 1.165) is 31.6 Å². The Balaban J connectivity index is 2.53. The number of hydrogen-bond acceptors (Lipinski definition) is 3. The van der Waals surface area contributed by atoms with Gasteiger partial charge >= 0.3 is 0 Å². The van der Waals surface area contributed by atoms with Gasteiger partial charge in [-0.25, -0.2) is 12.7 Å². The van der Waals surface area contributed by atoms with Crippen molar-refractivity contribution in [3.05, 3.63) is 0 Å². The summed E-state index contributed by atoms with van der Waals surface area (Å²) in [6.07, 6.45) is 5.52. The fraction of sp³-hybridized carbons (Fsp3) is 1.00. The second kappa shape index (κ2) is 5.98. The summed E-state index contributed by atoms with van der Waals surface area (Å²) in [4.78, 5) is 0. The highest BCUT2D eigenvalue weighted by atomic mass is 32.2. The molecule has 0 amide bonds. The lowest BCUT2D eigenvalue weighted by Gasteiger charge is -2.33. The van der Waals surface area contributed by atoms with E-state index in [9.17, 15) is 8.42 Å². The van der Waals surface area contributed by atoms with E-state index in [2.05, 4.69) is 6.92 Å². The maximum Gasteiger partial charge on any atom is 0.215 e. The van der Waals surface area contributed by atoms with Gasteiger partial charge in [0.1, 0.15) is 0 Å². The maximum absolute atomic E-state index is 11.8. The molecule has 0 atom stereocenters. The van der Waals surface area contributed by atoms with Crippen molar-refractivity contribution in [2.75, 3.05) is 19.3 Å². The molecule has 0 aromatic heterocycles. The number of nitrogens with two attached hydrogens (primary N) is 1. The lowest BCUT2D eigenvalue weighted by atomic mass is 9.85. The first kappa shape index (κ1) is 13.9. The maximum atomic E-state index is 11.8. The minimum atomic E-state index is -3.13. The van der Waals surface area contributed by atoms with Gasteiger partial charge in [0.2, 0.25) is 10.0 Å². The SMILES string of the molecule is CCC1CCC(N(C)S(=O)(=O)CCN)CC1. The molecule has 0 aromatic carbocycles. The van der Waals surface area contributed by atoms with Crippen molar-refractivity contribution < 1.29 is 8.42 Å². The Kier molecular flexibility index (Phi) is 5.21. The molecule has 5 heteroatoms. The van der Waals surface area contributed by atoms with Gasteiger partial charge in [-0.1, -0.05) is 13.3 Å². The van der Waals surface area contributed by atoms with Crippen LogP contribution in [-0.4, -0.2) is 38.1 Å². The minimum absolute atomic E-state index is 0.0667. The molecule has 0 heterocycles. The van der Waals surface area contributed by atoms with E-state index in [0.29, 0.717) is 0 Å². The summed E-state index contributed by atoms with van der Waals surface area (Å²) in [5.41, 5.74) is 5.32. The Bertz CT molecular complexity index is 295. The molecule has 1 rings (SSSR count). The van der Waals surface area contributed by atoms with Crippen LogP contribution >= 0.6 is 0 Å². The van der Waals surface area contributed by atoms with Gasteiger partial charge in [0, 0.05) is 19.6 Å². The average Bonchev–Trinajstić information content (AvgIpc) is 2.28. The predicted molar refractivity (Wildman–Crippen MR) is 66.6 cm³/mol. The molecule has 0 unspecified atom stereocenters. The Morgan fingerprint density at radius 2 is 1.81 bits per heavy atom. The average molecular weight is 248 g/mol. The summed E-state index contributed by atoms with van der Waals surface area (Å²) in [6.45, 7) is 2.41. The van der Waals surface area contributed by atoms with Crippen molar-refractivity contribution in [1.82, 2.24) is 4.31 Å². The van der Waals surface area contributed by atoms with Crippen LogP contribution in [0.4, 0.5) is 0 Å². The first-order valence-corrected chi connectivity index (χ1v) is 7.78. The van der Waals surface area contributed by atoms with Gasteiger partial charge in [-0.2, -0.15) is 0 Å². The van der Waals surface area contributed by atoms with Crippen LogP contribution in [0.5, 0.6) is 0 Å². The summed E-state index contributed by atoms with van der Waals surface area (Å²) in [6, 6.07) is 0.194. The molecule has 1 aliphatic rings. The molecule has 2 N–H and O–H groups in total. The third kappa shape index (κ3) is 3.43. The Morgan fingerprint density at radius 1 is 1.25 bits per heavy atom. The summed E-state index contributed by atoms with van der Waals surface area (Å²) >= 11 is 0. The van der Waals surface area contributed by atoms with Crippen LogP contribution in [-0.2, 0) is 10.0 Å². The van der Waals surface area contributed by atoms with Crippen LogP contribution in [0.1, 0.15) is 39.0 Å². The Labute approximate surface area is 99.2 Å². The molecule has 16 heavy (non-hydrogen) atoms. The fourth-order valence-corrected chi connectivity index (χ4v) is 3.69. The van der Waals surface area contributed by atoms with E-state index < -0.39 is 10.0 Å². The summed E-state index contributed by atoms with van der Waals surface area (Å²) < 4.78 is 25.2. The first-order valence-electron chi connectivity index (χ1n) is 6.17. The van der Waals surface area contributed by atoms with Crippen molar-refractivity contribution in [3.63, 3.8) is 0 Å². The van der Waals surface area contributed by atoms with Gasteiger partial charge < -0.3 is 5.73 Å². The highest BCUT2D eigenvalue weighted by Gasteiger charge is 2.29. The zero-order chi connectivity index (χ0) is 12.2. The number of rotatable bonds is 5. The van der Waals surface area contributed by atoms with Gasteiger partial charge in [-0.15, -0.1) is 0 Å². The van der Waals surface area contributed by atoms with Crippen LogP contribution in [0.2, 0.25) is 0 Å². The predicted octanol–water partition coefficient (Wildman–Crippen LogP) is 1.18. The second-order valence-electron chi connectivity index (χ2n) is 4.70. The highest BCUT2D eigenvalue weighted by Crippen LogP contribution is 2.29. The molecule has 1 fully saturated rings. The second-order valence-corrected chi connectivity index (χ2v) is 6.85. The Morgan fingerprint density at radius 3 is 2.25 bits per heavy atom. The van der Waals surface area contributed by atoms with Gasteiger partial charge in [0.15, 0.2) is 0 Å². The van der Waals surface area contributed by atoms with Gasteiger partial charge in [-0.3, -0.25) is 0 Å². The number of nitrogens with zero attached hydrogens (tertiary/aromatic N) is 1. The first-order chi connectivity index (χ1) is 7.51. The molecule has 0 aromatic rings. The molecular weight excluding hydrogens is 224 g/mol. The highest BCUT2D eigenvalue weighted by molar-refractivity contribution is 7.89. The summed E-state index contributed by atoms with van der Waals surface area (Å²) in [5, 5.41) is 0.